The van der Waals surface area contributed by atoms with Crippen LogP contribution in [-0.2, 0) is 34.4 Å². The van der Waals surface area contributed by atoms with Gasteiger partial charge in [-0.05, 0) is 42.5 Å². The Morgan fingerprint density at radius 3 is 2.45 bits per heavy atom. The summed E-state index contributed by atoms with van der Waals surface area (Å²) in [4.78, 5) is 17.3. The van der Waals surface area contributed by atoms with E-state index in [1.807, 2.05) is 42.6 Å². The largest absolute Gasteiger partial charge is 0.380 e. The molecule has 0 bridgehead atoms. The van der Waals surface area contributed by atoms with Gasteiger partial charge in [0, 0.05) is 11.8 Å². The number of benzene rings is 2. The van der Waals surface area contributed by atoms with Crippen LogP contribution in [0.15, 0.2) is 60.0 Å². The molecule has 1 aromatic heterocycles. The molecule has 3 N–H and O–H groups in total. The van der Waals surface area contributed by atoms with Gasteiger partial charge in [-0.2, -0.15) is 13.6 Å². The van der Waals surface area contributed by atoms with Gasteiger partial charge in [-0.3, -0.25) is 4.79 Å². The number of hydrogen-bond acceptors (Lipinski definition) is 6. The van der Waals surface area contributed by atoms with Crippen molar-refractivity contribution in [2.45, 2.75) is 38.6 Å². The van der Waals surface area contributed by atoms with Gasteiger partial charge < -0.3 is 9.50 Å². The molecule has 9 heteroatoms. The number of nitrogens with zero attached hydrogens (tertiary/aromatic N) is 1. The standard InChI is InChI=1S/C22H25N3O4S2/c1-2-18-15-30-22(24-18)20(25-21(26)13-10-16-6-4-3-5-7-16)14-17-8-11-19(12-9-17)29-31(23,27)28/h3-9,11-12,15,20H,2,10,13-14H2,1H3,(H,25,26)(H2,23,27,28). The zero-order chi connectivity index (χ0) is 22.3. The van der Waals surface area contributed by atoms with E-state index in [4.69, 9.17) is 5.14 Å². The summed E-state index contributed by atoms with van der Waals surface area (Å²) in [5.74, 6) is 0.0912. The zero-order valence-corrected chi connectivity index (χ0v) is 18.8. The zero-order valence-electron chi connectivity index (χ0n) is 17.2. The summed E-state index contributed by atoms with van der Waals surface area (Å²) in [6.45, 7) is 2.04. The molecule has 0 fully saturated rings. The molecule has 1 amide bonds. The molecule has 0 aliphatic heterocycles. The maximum atomic E-state index is 12.6. The topological polar surface area (TPSA) is 111 Å². The second-order valence-corrected chi connectivity index (χ2v) is 9.10. The maximum absolute atomic E-state index is 12.6. The summed E-state index contributed by atoms with van der Waals surface area (Å²) in [5.41, 5.74) is 3.01. The van der Waals surface area contributed by atoms with Crippen molar-refractivity contribution in [3.63, 3.8) is 0 Å². The Kier molecular flexibility index (Phi) is 7.78. The lowest BCUT2D eigenvalue weighted by molar-refractivity contribution is -0.121. The molecule has 0 radical (unpaired) electrons. The quantitative estimate of drug-likeness (QED) is 0.483. The number of aryl methyl sites for hydroxylation is 2. The van der Waals surface area contributed by atoms with Crippen molar-refractivity contribution in [2.75, 3.05) is 0 Å². The van der Waals surface area contributed by atoms with E-state index in [1.54, 1.807) is 12.1 Å². The second-order valence-electron chi connectivity index (χ2n) is 7.06. The van der Waals surface area contributed by atoms with Gasteiger partial charge in [0.05, 0.1) is 11.7 Å². The molecule has 0 aliphatic carbocycles. The minimum Gasteiger partial charge on any atom is -0.371 e. The Labute approximate surface area is 186 Å². The number of amides is 1. The van der Waals surface area contributed by atoms with Crippen LogP contribution in [0.4, 0.5) is 0 Å². The summed E-state index contributed by atoms with van der Waals surface area (Å²) >= 11 is 1.52. The first-order valence-corrected chi connectivity index (χ1v) is 12.3. The van der Waals surface area contributed by atoms with E-state index in [2.05, 4.69) is 14.5 Å². The molecule has 0 saturated carbocycles. The molecule has 7 nitrogen and oxygen atoms in total. The lowest BCUT2D eigenvalue weighted by Crippen LogP contribution is -2.30. The molecule has 0 spiro atoms. The highest BCUT2D eigenvalue weighted by atomic mass is 32.2. The van der Waals surface area contributed by atoms with Crippen molar-refractivity contribution in [3.8, 4) is 5.75 Å². The lowest BCUT2D eigenvalue weighted by atomic mass is 10.1. The fraction of sp³-hybridized carbons (Fsp3) is 0.273. The minimum absolute atomic E-state index is 0.0451. The number of rotatable bonds is 10. The summed E-state index contributed by atoms with van der Waals surface area (Å²) in [6.07, 6.45) is 2.39. The smallest absolute Gasteiger partial charge is 0.371 e. The molecular formula is C22H25N3O4S2. The van der Waals surface area contributed by atoms with E-state index in [0.29, 0.717) is 19.3 Å². The highest BCUT2D eigenvalue weighted by Gasteiger charge is 2.19. The van der Waals surface area contributed by atoms with Gasteiger partial charge in [-0.25, -0.2) is 4.98 Å². The monoisotopic (exact) mass is 459 g/mol. The number of thiazole rings is 1. The SMILES string of the molecule is CCc1csc(C(Cc2ccc(OS(N)(=O)=O)cc2)NC(=O)CCc2ccccc2)n1. The van der Waals surface area contributed by atoms with Crippen molar-refractivity contribution < 1.29 is 17.4 Å². The van der Waals surface area contributed by atoms with Crippen LogP contribution in [-0.4, -0.2) is 19.3 Å². The van der Waals surface area contributed by atoms with E-state index in [1.165, 1.54) is 23.5 Å². The van der Waals surface area contributed by atoms with E-state index in [-0.39, 0.29) is 17.7 Å². The molecule has 1 unspecified atom stereocenters. The molecule has 164 valence electrons. The third kappa shape index (κ3) is 7.46. The fourth-order valence-corrected chi connectivity index (χ4v) is 4.40. The Bertz CT molecular complexity index is 1100. The van der Waals surface area contributed by atoms with Gasteiger partial charge in [0.2, 0.25) is 5.91 Å². The van der Waals surface area contributed by atoms with Crippen LogP contribution >= 0.6 is 11.3 Å². The summed E-state index contributed by atoms with van der Waals surface area (Å²) in [6, 6.07) is 16.2. The van der Waals surface area contributed by atoms with Crippen molar-refractivity contribution in [2.24, 2.45) is 5.14 Å². The molecule has 0 saturated heterocycles. The molecule has 3 aromatic rings. The van der Waals surface area contributed by atoms with Crippen LogP contribution in [0.5, 0.6) is 5.75 Å². The predicted octanol–water partition coefficient (Wildman–Crippen LogP) is 3.32. The van der Waals surface area contributed by atoms with Gasteiger partial charge in [0.15, 0.2) is 0 Å². The van der Waals surface area contributed by atoms with Gasteiger partial charge in [-0.1, -0.05) is 49.4 Å². The second kappa shape index (κ2) is 10.5. The average Bonchev–Trinajstić information content (AvgIpc) is 3.22. The summed E-state index contributed by atoms with van der Waals surface area (Å²) in [5, 5.41) is 10.8. The fourth-order valence-electron chi connectivity index (χ4n) is 3.07. The third-order valence-corrected chi connectivity index (χ3v) is 6.06. The Morgan fingerprint density at radius 2 is 1.84 bits per heavy atom. The number of aromatic nitrogens is 1. The van der Waals surface area contributed by atoms with Gasteiger partial charge in [0.25, 0.3) is 0 Å². The normalized spacial score (nSPS) is 12.3. The van der Waals surface area contributed by atoms with Crippen LogP contribution in [0.3, 0.4) is 0 Å². The lowest BCUT2D eigenvalue weighted by Gasteiger charge is -2.17. The van der Waals surface area contributed by atoms with Gasteiger partial charge in [-0.15, -0.1) is 11.3 Å². The van der Waals surface area contributed by atoms with E-state index in [0.717, 1.165) is 28.2 Å². The third-order valence-electron chi connectivity index (χ3n) is 4.62. The molecule has 1 heterocycles. The minimum atomic E-state index is -4.07. The van der Waals surface area contributed by atoms with E-state index in [9.17, 15) is 13.2 Å². The molecular weight excluding hydrogens is 434 g/mol. The maximum Gasteiger partial charge on any atom is 0.380 e. The van der Waals surface area contributed by atoms with Gasteiger partial charge >= 0.3 is 10.3 Å². The summed E-state index contributed by atoms with van der Waals surface area (Å²) in [7, 11) is -4.07. The van der Waals surface area contributed by atoms with Crippen molar-refractivity contribution in [1.82, 2.24) is 10.3 Å². The highest BCUT2D eigenvalue weighted by Crippen LogP contribution is 2.24. The Hall–Kier alpha value is -2.75. The van der Waals surface area contributed by atoms with Gasteiger partial charge in [0.1, 0.15) is 10.8 Å². The highest BCUT2D eigenvalue weighted by molar-refractivity contribution is 7.84. The number of nitrogens with one attached hydrogen (secondary N) is 1. The number of hydrogen-bond donors (Lipinski definition) is 2. The Balaban J connectivity index is 1.69. The predicted molar refractivity (Wildman–Crippen MR) is 121 cm³/mol. The van der Waals surface area contributed by atoms with Crippen LogP contribution in [0.25, 0.3) is 0 Å². The van der Waals surface area contributed by atoms with E-state index < -0.39 is 10.3 Å². The molecule has 31 heavy (non-hydrogen) atoms. The Morgan fingerprint density at radius 1 is 1.13 bits per heavy atom. The van der Waals surface area contributed by atoms with Crippen molar-refractivity contribution >= 4 is 27.5 Å². The van der Waals surface area contributed by atoms with Crippen LogP contribution < -0.4 is 14.6 Å². The molecule has 3 rings (SSSR count). The molecule has 1 atom stereocenters. The van der Waals surface area contributed by atoms with Crippen LogP contribution in [0.1, 0.15) is 41.2 Å². The van der Waals surface area contributed by atoms with Crippen LogP contribution in [0.2, 0.25) is 0 Å². The first-order chi connectivity index (χ1) is 14.8. The van der Waals surface area contributed by atoms with Crippen molar-refractivity contribution in [1.29, 1.82) is 0 Å². The molecule has 2 aromatic carbocycles. The first kappa shape index (κ1) is 22.9. The van der Waals surface area contributed by atoms with Crippen LogP contribution in [0, 0.1) is 0 Å². The van der Waals surface area contributed by atoms with E-state index >= 15 is 0 Å². The number of carbonyl (C=O) groups excluding carboxylic acids is 1. The van der Waals surface area contributed by atoms with Crippen molar-refractivity contribution in [3.05, 3.63) is 81.8 Å². The number of nitrogens with two attached hydrogens (primary N) is 1. The average molecular weight is 460 g/mol. The number of carbonyl (C=O) groups is 1. The summed E-state index contributed by atoms with van der Waals surface area (Å²) < 4.78 is 26.8. The first-order valence-electron chi connectivity index (χ1n) is 9.91. The molecule has 0 aliphatic rings.